The van der Waals surface area contributed by atoms with E-state index in [0.717, 1.165) is 16.7 Å². The summed E-state index contributed by atoms with van der Waals surface area (Å²) in [6.45, 7) is 5.28. The number of rotatable bonds is 3. The number of nitrogens with zero attached hydrogens (tertiary/aromatic N) is 1. The van der Waals surface area contributed by atoms with E-state index in [0.29, 0.717) is 13.1 Å². The molecule has 124 valence electrons. The number of benzene rings is 2. The highest BCUT2D eigenvalue weighted by atomic mass is 16.5. The number of carbonyl (C=O) groups is 1. The predicted molar refractivity (Wildman–Crippen MR) is 97.3 cm³/mol. The third-order valence-corrected chi connectivity index (χ3v) is 4.13. The molecule has 1 heterocycles. The quantitative estimate of drug-likeness (QED) is 0.634. The summed E-state index contributed by atoms with van der Waals surface area (Å²) in [5.74, 6) is 0.0621. The summed E-state index contributed by atoms with van der Waals surface area (Å²) >= 11 is 0. The Hall–Kier alpha value is -2.39. The van der Waals surface area contributed by atoms with Crippen LogP contribution in [-0.4, -0.2) is 36.1 Å². The van der Waals surface area contributed by atoms with E-state index in [1.165, 1.54) is 0 Å². The molecule has 0 radical (unpaired) electrons. The van der Waals surface area contributed by atoms with Crippen molar-refractivity contribution in [1.29, 1.82) is 0 Å². The molecular formula is C21H23NO2. The highest BCUT2D eigenvalue weighted by Crippen LogP contribution is 2.23. The fourth-order valence-electron chi connectivity index (χ4n) is 3.12. The molecule has 1 aliphatic rings. The molecule has 0 saturated carbocycles. The van der Waals surface area contributed by atoms with Gasteiger partial charge in [-0.15, -0.1) is 0 Å². The first-order chi connectivity index (χ1) is 11.6. The summed E-state index contributed by atoms with van der Waals surface area (Å²) in [6, 6.07) is 19.8. The minimum atomic E-state index is 0.0615. The van der Waals surface area contributed by atoms with Crippen molar-refractivity contribution in [3.63, 3.8) is 0 Å². The third kappa shape index (κ3) is 3.92. The minimum absolute atomic E-state index is 0.0615. The Morgan fingerprint density at radius 2 is 1.50 bits per heavy atom. The Morgan fingerprint density at radius 3 is 2.08 bits per heavy atom. The van der Waals surface area contributed by atoms with Crippen LogP contribution in [0.15, 0.2) is 60.7 Å². The fourth-order valence-corrected chi connectivity index (χ4v) is 3.12. The van der Waals surface area contributed by atoms with E-state index >= 15 is 0 Å². The molecule has 0 aliphatic carbocycles. The molecule has 0 bridgehead atoms. The smallest absolute Gasteiger partial charge is 0.254 e. The molecule has 24 heavy (non-hydrogen) atoms. The predicted octanol–water partition coefficient (Wildman–Crippen LogP) is 3.86. The summed E-state index contributed by atoms with van der Waals surface area (Å²) in [5, 5.41) is 0. The standard InChI is InChI=1S/C21H23NO2/c1-16-14-22(15-17(2)24-16)21(23)20(19-11-7-4-8-12-19)13-18-9-5-3-6-10-18/h3-13,16-17H,14-15H2,1-2H3/b20-13-/t16-,17-/m0/s1. The number of amides is 1. The summed E-state index contributed by atoms with van der Waals surface area (Å²) in [5.41, 5.74) is 2.69. The number of carbonyl (C=O) groups excluding carboxylic acids is 1. The van der Waals surface area contributed by atoms with Gasteiger partial charge in [0.05, 0.1) is 12.2 Å². The number of morpholine rings is 1. The van der Waals surface area contributed by atoms with Crippen LogP contribution < -0.4 is 0 Å². The van der Waals surface area contributed by atoms with E-state index in [4.69, 9.17) is 4.74 Å². The maximum atomic E-state index is 13.2. The number of hydrogen-bond acceptors (Lipinski definition) is 2. The molecule has 2 atom stereocenters. The van der Waals surface area contributed by atoms with Gasteiger partial charge in [0.1, 0.15) is 0 Å². The molecule has 0 aromatic heterocycles. The monoisotopic (exact) mass is 321 g/mol. The van der Waals surface area contributed by atoms with Gasteiger partial charge in [0, 0.05) is 18.7 Å². The SMILES string of the molecule is C[C@H]1CN(C(=O)/C(=C\c2ccccc2)c2ccccc2)C[C@H](C)O1. The van der Waals surface area contributed by atoms with Crippen LogP contribution in [0.4, 0.5) is 0 Å². The van der Waals surface area contributed by atoms with Crippen LogP contribution in [-0.2, 0) is 9.53 Å². The highest BCUT2D eigenvalue weighted by molar-refractivity contribution is 6.24. The lowest BCUT2D eigenvalue weighted by Gasteiger charge is -2.35. The molecule has 3 rings (SSSR count). The largest absolute Gasteiger partial charge is 0.372 e. The van der Waals surface area contributed by atoms with Crippen LogP contribution in [0.2, 0.25) is 0 Å². The Balaban J connectivity index is 1.96. The van der Waals surface area contributed by atoms with Gasteiger partial charge in [-0.3, -0.25) is 4.79 Å². The second-order valence-electron chi connectivity index (χ2n) is 6.30. The van der Waals surface area contributed by atoms with Gasteiger partial charge in [0.15, 0.2) is 0 Å². The third-order valence-electron chi connectivity index (χ3n) is 4.13. The van der Waals surface area contributed by atoms with Gasteiger partial charge in [-0.2, -0.15) is 0 Å². The van der Waals surface area contributed by atoms with Gasteiger partial charge in [0.2, 0.25) is 0 Å². The molecule has 1 fully saturated rings. The van der Waals surface area contributed by atoms with Crippen LogP contribution in [0.3, 0.4) is 0 Å². The van der Waals surface area contributed by atoms with Crippen LogP contribution in [0.5, 0.6) is 0 Å². The van der Waals surface area contributed by atoms with Crippen LogP contribution >= 0.6 is 0 Å². The van der Waals surface area contributed by atoms with Crippen molar-refractivity contribution < 1.29 is 9.53 Å². The summed E-state index contributed by atoms with van der Waals surface area (Å²) < 4.78 is 5.76. The molecule has 3 nitrogen and oxygen atoms in total. The van der Waals surface area contributed by atoms with Crippen molar-refractivity contribution in [2.45, 2.75) is 26.1 Å². The number of ether oxygens (including phenoxy) is 1. The first-order valence-electron chi connectivity index (χ1n) is 8.40. The normalized spacial score (nSPS) is 21.6. The Kier molecular flexibility index (Phi) is 5.11. The molecule has 3 heteroatoms. The fraction of sp³-hybridized carbons (Fsp3) is 0.286. The average Bonchev–Trinajstić information content (AvgIpc) is 2.60. The van der Waals surface area contributed by atoms with Gasteiger partial charge >= 0.3 is 0 Å². The lowest BCUT2D eigenvalue weighted by atomic mass is 10.0. The zero-order valence-electron chi connectivity index (χ0n) is 14.2. The Morgan fingerprint density at radius 1 is 0.958 bits per heavy atom. The second-order valence-corrected chi connectivity index (χ2v) is 6.30. The first-order valence-corrected chi connectivity index (χ1v) is 8.40. The van der Waals surface area contributed by atoms with Gasteiger partial charge < -0.3 is 9.64 Å². The van der Waals surface area contributed by atoms with E-state index in [-0.39, 0.29) is 18.1 Å². The van der Waals surface area contributed by atoms with Crippen molar-refractivity contribution in [1.82, 2.24) is 4.90 Å². The molecule has 0 N–H and O–H groups in total. The van der Waals surface area contributed by atoms with Crippen molar-refractivity contribution in [3.05, 3.63) is 71.8 Å². The maximum absolute atomic E-state index is 13.2. The average molecular weight is 321 g/mol. The van der Waals surface area contributed by atoms with Crippen LogP contribution in [0.25, 0.3) is 11.6 Å². The van der Waals surface area contributed by atoms with Crippen molar-refractivity contribution >= 4 is 17.6 Å². The summed E-state index contributed by atoms with van der Waals surface area (Å²) in [6.07, 6.45) is 2.10. The van der Waals surface area contributed by atoms with Crippen molar-refractivity contribution in [2.75, 3.05) is 13.1 Å². The molecule has 1 amide bonds. The van der Waals surface area contributed by atoms with Crippen LogP contribution in [0.1, 0.15) is 25.0 Å². The summed E-state index contributed by atoms with van der Waals surface area (Å²) in [7, 11) is 0. The van der Waals surface area contributed by atoms with Crippen molar-refractivity contribution in [3.8, 4) is 0 Å². The van der Waals surface area contributed by atoms with Gasteiger partial charge in [-0.05, 0) is 31.1 Å². The highest BCUT2D eigenvalue weighted by Gasteiger charge is 2.28. The first kappa shape index (κ1) is 16.5. The maximum Gasteiger partial charge on any atom is 0.254 e. The van der Waals surface area contributed by atoms with E-state index in [1.807, 2.05) is 85.5 Å². The summed E-state index contributed by atoms with van der Waals surface area (Å²) in [4.78, 5) is 15.1. The van der Waals surface area contributed by atoms with E-state index in [2.05, 4.69) is 0 Å². The lowest BCUT2D eigenvalue weighted by molar-refractivity contribution is -0.136. The van der Waals surface area contributed by atoms with E-state index < -0.39 is 0 Å². The Bertz CT molecular complexity index is 699. The van der Waals surface area contributed by atoms with Gasteiger partial charge in [-0.25, -0.2) is 0 Å². The molecule has 1 aliphatic heterocycles. The topological polar surface area (TPSA) is 29.5 Å². The molecule has 2 aromatic carbocycles. The molecule has 0 unspecified atom stereocenters. The molecular weight excluding hydrogens is 298 g/mol. The molecule has 0 spiro atoms. The van der Waals surface area contributed by atoms with Gasteiger partial charge in [-0.1, -0.05) is 60.7 Å². The van der Waals surface area contributed by atoms with Gasteiger partial charge in [0.25, 0.3) is 5.91 Å². The molecule has 2 aromatic rings. The zero-order valence-corrected chi connectivity index (χ0v) is 14.2. The zero-order chi connectivity index (χ0) is 16.9. The van der Waals surface area contributed by atoms with E-state index in [9.17, 15) is 4.79 Å². The van der Waals surface area contributed by atoms with Crippen molar-refractivity contribution in [2.24, 2.45) is 0 Å². The minimum Gasteiger partial charge on any atom is -0.372 e. The second kappa shape index (κ2) is 7.45. The Labute approximate surface area is 143 Å². The molecule has 1 saturated heterocycles. The lowest BCUT2D eigenvalue weighted by Crippen LogP contribution is -2.48. The number of hydrogen-bond donors (Lipinski definition) is 0. The van der Waals surface area contributed by atoms with Crippen LogP contribution in [0, 0.1) is 0 Å². The van der Waals surface area contributed by atoms with E-state index in [1.54, 1.807) is 0 Å².